The van der Waals surface area contributed by atoms with Crippen molar-refractivity contribution in [2.45, 2.75) is 25.4 Å². The van der Waals surface area contributed by atoms with Gasteiger partial charge < -0.3 is 36.8 Å². The molecule has 2 heterocycles. The molecule has 0 aliphatic heterocycles. The summed E-state index contributed by atoms with van der Waals surface area (Å²) in [5, 5.41) is 38.4. The van der Waals surface area contributed by atoms with Crippen LogP contribution < -0.4 is 21.9 Å². The van der Waals surface area contributed by atoms with E-state index in [0.717, 1.165) is 0 Å². The third-order valence-electron chi connectivity index (χ3n) is 4.46. The number of hydrogen-bond donors (Lipinski definition) is 8. The number of aromatic amines is 1. The normalized spacial score (nSPS) is 11.2. The highest BCUT2D eigenvalue weighted by Gasteiger charge is 2.21. The molecule has 3 rings (SSSR count). The summed E-state index contributed by atoms with van der Waals surface area (Å²) >= 11 is 0. The minimum atomic E-state index is -1.31. The van der Waals surface area contributed by atoms with E-state index in [4.69, 9.17) is 26.2 Å². The number of aromatic nitrogens is 4. The van der Waals surface area contributed by atoms with E-state index < -0.39 is 29.4 Å². The summed E-state index contributed by atoms with van der Waals surface area (Å²) < 4.78 is 0. The molecule has 1 amide bonds. The number of H-pyrrole nitrogens is 1. The van der Waals surface area contributed by atoms with Gasteiger partial charge in [0.25, 0.3) is 11.5 Å². The van der Waals surface area contributed by atoms with Crippen molar-refractivity contribution in [2.75, 3.05) is 24.3 Å². The lowest BCUT2D eigenvalue weighted by molar-refractivity contribution is -0.140. The first kappa shape index (κ1) is 27.6. The highest BCUT2D eigenvalue weighted by atomic mass is 16.4. The van der Waals surface area contributed by atoms with Crippen molar-refractivity contribution in [3.8, 4) is 0 Å². The lowest BCUT2D eigenvalue weighted by Crippen LogP contribution is -2.41. The zero-order valence-electron chi connectivity index (χ0n) is 18.8. The van der Waals surface area contributed by atoms with Crippen LogP contribution in [0.15, 0.2) is 35.3 Å². The van der Waals surface area contributed by atoms with Gasteiger partial charge in [-0.25, -0.2) is 14.8 Å². The van der Waals surface area contributed by atoms with Crippen molar-refractivity contribution in [3.05, 3.63) is 52.1 Å². The molecule has 0 fully saturated rings. The number of anilines is 2. The van der Waals surface area contributed by atoms with Crippen molar-refractivity contribution < 1.29 is 34.8 Å². The molecular formula is C21H25N7O8. The predicted molar refractivity (Wildman–Crippen MR) is 126 cm³/mol. The van der Waals surface area contributed by atoms with E-state index in [2.05, 4.69) is 30.6 Å². The van der Waals surface area contributed by atoms with E-state index in [1.54, 1.807) is 12.1 Å². The van der Waals surface area contributed by atoms with Crippen molar-refractivity contribution in [1.29, 1.82) is 0 Å². The minimum Gasteiger partial charge on any atom is -0.481 e. The number of nitrogen functional groups attached to an aromatic ring is 1. The molecule has 0 saturated heterocycles. The quantitative estimate of drug-likeness (QED) is 0.164. The molecule has 0 aliphatic carbocycles. The second-order valence-electron chi connectivity index (χ2n) is 7.16. The molecule has 3 aromatic rings. The Morgan fingerprint density at radius 2 is 1.72 bits per heavy atom. The van der Waals surface area contributed by atoms with Gasteiger partial charge in [0.2, 0.25) is 5.95 Å². The molecule has 192 valence electrons. The number of carbonyl (C=O) groups is 3. The van der Waals surface area contributed by atoms with E-state index in [9.17, 15) is 19.2 Å². The predicted octanol–water partition coefficient (Wildman–Crippen LogP) is -1.07. The number of rotatable bonds is 10. The maximum atomic E-state index is 12.3. The zero-order valence-corrected chi connectivity index (χ0v) is 18.8. The van der Waals surface area contributed by atoms with Crippen LogP contribution in [0.1, 0.15) is 28.9 Å². The first-order chi connectivity index (χ1) is 17.1. The van der Waals surface area contributed by atoms with Gasteiger partial charge in [0.05, 0.1) is 31.6 Å². The highest BCUT2D eigenvalue weighted by molar-refractivity contribution is 5.96. The molecule has 36 heavy (non-hydrogen) atoms. The molecule has 9 N–H and O–H groups in total. The van der Waals surface area contributed by atoms with Crippen LogP contribution in [0, 0.1) is 0 Å². The molecule has 0 spiro atoms. The summed E-state index contributed by atoms with van der Waals surface area (Å²) in [6, 6.07) is 4.86. The fraction of sp³-hybridized carbons (Fsp3) is 0.286. The van der Waals surface area contributed by atoms with Gasteiger partial charge in [-0.2, -0.15) is 4.98 Å². The average molecular weight is 503 g/mol. The minimum absolute atomic E-state index is 0.0524. The van der Waals surface area contributed by atoms with Gasteiger partial charge in [-0.1, -0.05) is 0 Å². The van der Waals surface area contributed by atoms with Gasteiger partial charge in [-0.3, -0.25) is 19.4 Å². The van der Waals surface area contributed by atoms with Crippen LogP contribution in [-0.2, 0) is 16.1 Å². The molecule has 1 atom stereocenters. The smallest absolute Gasteiger partial charge is 0.326 e. The number of nitrogens with one attached hydrogen (secondary N) is 3. The van der Waals surface area contributed by atoms with Crippen molar-refractivity contribution in [1.82, 2.24) is 25.3 Å². The molecular weight excluding hydrogens is 478 g/mol. The van der Waals surface area contributed by atoms with Crippen LogP contribution in [0.25, 0.3) is 11.2 Å². The second kappa shape index (κ2) is 13.3. The maximum Gasteiger partial charge on any atom is 0.326 e. The second-order valence-corrected chi connectivity index (χ2v) is 7.16. The standard InChI is InChI=1S/C19H19N7O6.C2H6O2/c20-19-25-15-14(17(30)26-19)23-11(8-22-15)7-21-10-3-1-9(2-4-10)16(29)24-12(18(31)32)5-6-13(27)28;3-1-2-4/h1-4,8,12,21H,5-7H2,(H,24,29)(H,27,28)(H,31,32)(H3,20,22,25,26,30);3-4H,1-2H2. The maximum absolute atomic E-state index is 12.3. The van der Waals surface area contributed by atoms with E-state index in [1.165, 1.54) is 18.3 Å². The SMILES string of the molecule is Nc1nc2ncc(CNc3ccc(C(=O)NC(CCC(=O)O)C(=O)O)cc3)nc2c(=O)[nH]1.OCCO. The topological polar surface area (TPSA) is 254 Å². The fourth-order valence-corrected chi connectivity index (χ4v) is 2.75. The Morgan fingerprint density at radius 1 is 1.06 bits per heavy atom. The fourth-order valence-electron chi connectivity index (χ4n) is 2.75. The number of aliphatic carboxylic acids is 2. The first-order valence-electron chi connectivity index (χ1n) is 10.5. The largest absolute Gasteiger partial charge is 0.481 e. The highest BCUT2D eigenvalue weighted by Crippen LogP contribution is 2.12. The van der Waals surface area contributed by atoms with E-state index in [-0.39, 0.29) is 55.3 Å². The van der Waals surface area contributed by atoms with Crippen LogP contribution in [-0.4, -0.2) is 77.5 Å². The molecule has 15 nitrogen and oxygen atoms in total. The van der Waals surface area contributed by atoms with Crippen LogP contribution in [0.3, 0.4) is 0 Å². The number of benzene rings is 1. The Morgan fingerprint density at radius 3 is 2.31 bits per heavy atom. The summed E-state index contributed by atoms with van der Waals surface area (Å²) in [5.74, 6) is -3.16. The number of carbonyl (C=O) groups excluding carboxylic acids is 1. The average Bonchev–Trinajstić information content (AvgIpc) is 2.85. The van der Waals surface area contributed by atoms with Gasteiger partial charge >= 0.3 is 11.9 Å². The monoisotopic (exact) mass is 503 g/mol. The van der Waals surface area contributed by atoms with Crippen LogP contribution in [0.2, 0.25) is 0 Å². The lowest BCUT2D eigenvalue weighted by Gasteiger charge is -2.14. The molecule has 0 bridgehead atoms. The number of carboxylic acid groups (broad SMARTS) is 2. The summed E-state index contributed by atoms with van der Waals surface area (Å²) in [6.45, 7) is -0.0193. The van der Waals surface area contributed by atoms with Crippen LogP contribution in [0.5, 0.6) is 0 Å². The van der Waals surface area contributed by atoms with Gasteiger partial charge in [0.1, 0.15) is 6.04 Å². The van der Waals surface area contributed by atoms with E-state index in [1.807, 2.05) is 0 Å². The number of aliphatic hydroxyl groups excluding tert-OH is 2. The number of nitrogens with zero attached hydrogens (tertiary/aromatic N) is 3. The summed E-state index contributed by atoms with van der Waals surface area (Å²) in [6.07, 6.45) is 0.840. The lowest BCUT2D eigenvalue weighted by atomic mass is 10.1. The molecule has 1 aromatic carbocycles. The van der Waals surface area contributed by atoms with Crippen LogP contribution >= 0.6 is 0 Å². The molecule has 15 heteroatoms. The molecule has 0 aliphatic rings. The molecule has 2 aromatic heterocycles. The summed E-state index contributed by atoms with van der Waals surface area (Å²) in [7, 11) is 0. The van der Waals surface area contributed by atoms with Gasteiger partial charge in [0.15, 0.2) is 11.2 Å². The first-order valence-corrected chi connectivity index (χ1v) is 10.5. The Kier molecular flexibility index (Phi) is 10.2. The van der Waals surface area contributed by atoms with E-state index in [0.29, 0.717) is 11.4 Å². The Bertz CT molecular complexity index is 1260. The van der Waals surface area contributed by atoms with Gasteiger partial charge in [-0.05, 0) is 30.7 Å². The number of fused-ring (bicyclic) bond motifs is 1. The van der Waals surface area contributed by atoms with Crippen molar-refractivity contribution in [3.63, 3.8) is 0 Å². The van der Waals surface area contributed by atoms with E-state index >= 15 is 0 Å². The number of aliphatic hydroxyl groups is 2. The van der Waals surface area contributed by atoms with Gasteiger partial charge in [-0.15, -0.1) is 0 Å². The van der Waals surface area contributed by atoms with Crippen molar-refractivity contribution >= 4 is 40.6 Å². The molecule has 1 unspecified atom stereocenters. The molecule has 0 saturated carbocycles. The number of hydrogen-bond acceptors (Lipinski definition) is 11. The van der Waals surface area contributed by atoms with Crippen LogP contribution in [0.4, 0.5) is 11.6 Å². The Balaban J connectivity index is 0.00000106. The van der Waals surface area contributed by atoms with Crippen molar-refractivity contribution in [2.24, 2.45) is 0 Å². The number of carboxylic acids is 2. The zero-order chi connectivity index (χ0) is 26.7. The third kappa shape index (κ3) is 8.30. The molecule has 0 radical (unpaired) electrons. The summed E-state index contributed by atoms with van der Waals surface area (Å²) in [4.78, 5) is 60.6. The van der Waals surface area contributed by atoms with Gasteiger partial charge in [0, 0.05) is 17.7 Å². The third-order valence-corrected chi connectivity index (χ3v) is 4.46. The Hall–Kier alpha value is -4.63. The number of amides is 1. The summed E-state index contributed by atoms with van der Waals surface area (Å²) in [5.41, 5.74) is 6.47. The number of nitrogens with two attached hydrogens (primary N) is 1. The Labute approximate surface area is 203 Å².